The Morgan fingerprint density at radius 2 is 1.63 bits per heavy atom. The molecule has 27 heavy (non-hydrogen) atoms. The average molecular weight is 412 g/mol. The fraction of sp³-hybridized carbons (Fsp3) is 0.278. The first kappa shape index (κ1) is 20.9. The zero-order chi connectivity index (χ0) is 20.1. The molecule has 0 saturated carbocycles. The number of rotatable bonds is 9. The Hall–Kier alpha value is -2.39. The number of Topliss-reactive ketones (excluding diaryl/α,β-unsaturated/α-hetero) is 1. The lowest BCUT2D eigenvalue weighted by molar-refractivity contribution is 0.101. The Bertz CT molecular complexity index is 1010. The smallest absolute Gasteiger partial charge is 0.339 e. The van der Waals surface area contributed by atoms with Gasteiger partial charge in [0.05, 0.1) is 5.75 Å². The largest absolute Gasteiger partial charge is 0.493 e. The summed E-state index contributed by atoms with van der Waals surface area (Å²) in [6.45, 7) is 2.91. The van der Waals surface area contributed by atoms with Crippen LogP contribution in [0, 0.1) is 0 Å². The van der Waals surface area contributed by atoms with E-state index < -0.39 is 20.0 Å². The van der Waals surface area contributed by atoms with Gasteiger partial charge in [0.25, 0.3) is 0 Å². The highest BCUT2D eigenvalue weighted by atomic mass is 32.2. The van der Waals surface area contributed by atoms with Crippen molar-refractivity contribution >= 4 is 25.7 Å². The Morgan fingerprint density at radius 3 is 2.22 bits per heavy atom. The van der Waals surface area contributed by atoms with Crippen LogP contribution in [0.3, 0.4) is 0 Å². The third-order valence-electron chi connectivity index (χ3n) is 3.66. The summed E-state index contributed by atoms with van der Waals surface area (Å²) in [5.41, 5.74) is 0.341. The highest BCUT2D eigenvalue weighted by Crippen LogP contribution is 2.22. The fourth-order valence-corrected chi connectivity index (χ4v) is 3.62. The maximum atomic E-state index is 12.4. The SMILES string of the molecule is CCS(=O)(=O)CCOc1ccc(S(=O)(=O)Oc2cccc(C(C)=O)c2)cc1. The predicted molar refractivity (Wildman–Crippen MR) is 101 cm³/mol. The number of ether oxygens (including phenoxy) is 1. The lowest BCUT2D eigenvalue weighted by Crippen LogP contribution is -2.15. The first-order valence-electron chi connectivity index (χ1n) is 8.12. The maximum absolute atomic E-state index is 12.4. The number of ketones is 1. The summed E-state index contributed by atoms with van der Waals surface area (Å²) in [5.74, 6) is 0.102. The third kappa shape index (κ3) is 6.07. The Kier molecular flexibility index (Phi) is 6.61. The second-order valence-electron chi connectivity index (χ2n) is 5.68. The van der Waals surface area contributed by atoms with Gasteiger partial charge in [-0.1, -0.05) is 19.1 Å². The molecule has 0 aromatic heterocycles. The summed E-state index contributed by atoms with van der Waals surface area (Å²) >= 11 is 0. The molecule has 0 radical (unpaired) electrons. The van der Waals surface area contributed by atoms with Crippen molar-refractivity contribution in [3.63, 3.8) is 0 Å². The van der Waals surface area contributed by atoms with Crippen molar-refractivity contribution in [3.05, 3.63) is 54.1 Å². The molecule has 0 aliphatic carbocycles. The topological polar surface area (TPSA) is 104 Å². The standard InChI is InChI=1S/C18H20O7S2/c1-3-26(20,21)12-11-24-16-7-9-18(10-8-16)27(22,23)25-17-6-4-5-15(13-17)14(2)19/h4-10,13H,3,11-12H2,1-2H3. The molecule has 0 aliphatic heterocycles. The second-order valence-corrected chi connectivity index (χ2v) is 9.70. The van der Waals surface area contributed by atoms with Gasteiger partial charge in [0.2, 0.25) is 0 Å². The van der Waals surface area contributed by atoms with Crippen LogP contribution in [0.2, 0.25) is 0 Å². The van der Waals surface area contributed by atoms with Crippen LogP contribution >= 0.6 is 0 Å². The van der Waals surface area contributed by atoms with E-state index in [1.54, 1.807) is 13.0 Å². The molecule has 7 nitrogen and oxygen atoms in total. The molecule has 0 bridgehead atoms. The molecule has 0 aliphatic rings. The Morgan fingerprint density at radius 1 is 0.963 bits per heavy atom. The van der Waals surface area contributed by atoms with E-state index >= 15 is 0 Å². The number of carbonyl (C=O) groups is 1. The van der Waals surface area contributed by atoms with Gasteiger partial charge in [-0.2, -0.15) is 8.42 Å². The minimum absolute atomic E-state index is 0.0173. The minimum atomic E-state index is -4.08. The Balaban J connectivity index is 2.06. The van der Waals surface area contributed by atoms with E-state index in [9.17, 15) is 21.6 Å². The molecule has 0 unspecified atom stereocenters. The summed E-state index contributed by atoms with van der Waals surface area (Å²) < 4.78 is 57.9. The zero-order valence-corrected chi connectivity index (χ0v) is 16.5. The van der Waals surface area contributed by atoms with Gasteiger partial charge in [0.1, 0.15) is 23.0 Å². The lowest BCUT2D eigenvalue weighted by atomic mass is 10.1. The Labute approximate surface area is 159 Å². The van der Waals surface area contributed by atoms with E-state index in [1.807, 2.05) is 0 Å². The summed E-state index contributed by atoms with van der Waals surface area (Å²) in [5, 5.41) is 0. The van der Waals surface area contributed by atoms with Crippen molar-refractivity contribution in [1.29, 1.82) is 0 Å². The van der Waals surface area contributed by atoms with Crippen molar-refractivity contribution in [2.75, 3.05) is 18.1 Å². The van der Waals surface area contributed by atoms with Crippen molar-refractivity contribution in [1.82, 2.24) is 0 Å². The number of hydrogen-bond donors (Lipinski definition) is 0. The summed E-state index contributed by atoms with van der Waals surface area (Å²) in [6, 6.07) is 11.3. The monoisotopic (exact) mass is 412 g/mol. The normalized spacial score (nSPS) is 11.8. The predicted octanol–water partition coefficient (Wildman–Crippen LogP) is 2.47. The molecule has 2 aromatic carbocycles. The van der Waals surface area contributed by atoms with Gasteiger partial charge in [0.15, 0.2) is 15.6 Å². The highest BCUT2D eigenvalue weighted by molar-refractivity contribution is 7.91. The number of hydrogen-bond acceptors (Lipinski definition) is 7. The molecule has 0 heterocycles. The molecule has 0 N–H and O–H groups in total. The van der Waals surface area contributed by atoms with E-state index in [1.165, 1.54) is 49.4 Å². The highest BCUT2D eigenvalue weighted by Gasteiger charge is 2.17. The van der Waals surface area contributed by atoms with Crippen LogP contribution < -0.4 is 8.92 Å². The molecule has 0 saturated heterocycles. The molecule has 146 valence electrons. The second kappa shape index (κ2) is 8.53. The van der Waals surface area contributed by atoms with Crippen LogP contribution in [0.1, 0.15) is 24.2 Å². The quantitative estimate of drug-likeness (QED) is 0.460. The molecular formula is C18H20O7S2. The molecule has 9 heteroatoms. The average Bonchev–Trinajstić information content (AvgIpc) is 2.62. The van der Waals surface area contributed by atoms with Crippen LogP contribution in [0.4, 0.5) is 0 Å². The lowest BCUT2D eigenvalue weighted by Gasteiger charge is -2.09. The minimum Gasteiger partial charge on any atom is -0.493 e. The molecule has 2 aromatic rings. The van der Waals surface area contributed by atoms with Crippen LogP contribution in [0.15, 0.2) is 53.4 Å². The molecule has 0 atom stereocenters. The first-order chi connectivity index (χ1) is 12.6. The van der Waals surface area contributed by atoms with Crippen molar-refractivity contribution in [2.24, 2.45) is 0 Å². The van der Waals surface area contributed by atoms with Gasteiger partial charge in [-0.3, -0.25) is 4.79 Å². The number of benzene rings is 2. The van der Waals surface area contributed by atoms with E-state index in [-0.39, 0.29) is 34.5 Å². The molecule has 0 fully saturated rings. The van der Waals surface area contributed by atoms with Crippen LogP contribution in [0.25, 0.3) is 0 Å². The number of sulfone groups is 1. The van der Waals surface area contributed by atoms with Gasteiger partial charge in [-0.25, -0.2) is 8.42 Å². The van der Waals surface area contributed by atoms with Gasteiger partial charge in [0, 0.05) is 11.3 Å². The first-order valence-corrected chi connectivity index (χ1v) is 11.3. The van der Waals surface area contributed by atoms with Gasteiger partial charge >= 0.3 is 10.1 Å². The molecule has 0 spiro atoms. The van der Waals surface area contributed by atoms with E-state index in [0.717, 1.165) is 0 Å². The molecule has 0 amide bonds. The molecular weight excluding hydrogens is 392 g/mol. The van der Waals surface area contributed by atoms with Gasteiger partial charge < -0.3 is 8.92 Å². The third-order valence-corrected chi connectivity index (χ3v) is 6.59. The van der Waals surface area contributed by atoms with E-state index in [0.29, 0.717) is 11.3 Å². The number of carbonyl (C=O) groups excluding carboxylic acids is 1. The van der Waals surface area contributed by atoms with Crippen molar-refractivity contribution in [3.8, 4) is 11.5 Å². The van der Waals surface area contributed by atoms with E-state index in [2.05, 4.69) is 0 Å². The van der Waals surface area contributed by atoms with Crippen LogP contribution in [-0.2, 0) is 20.0 Å². The maximum Gasteiger partial charge on any atom is 0.339 e. The van der Waals surface area contributed by atoms with Crippen molar-refractivity contribution in [2.45, 2.75) is 18.7 Å². The fourth-order valence-electron chi connectivity index (χ4n) is 2.08. The summed E-state index contributed by atoms with van der Waals surface area (Å²) in [4.78, 5) is 11.3. The zero-order valence-electron chi connectivity index (χ0n) is 14.9. The van der Waals surface area contributed by atoms with Crippen molar-refractivity contribution < 1.29 is 30.6 Å². The van der Waals surface area contributed by atoms with Gasteiger partial charge in [-0.15, -0.1) is 0 Å². The van der Waals surface area contributed by atoms with Crippen LogP contribution in [-0.4, -0.2) is 40.7 Å². The van der Waals surface area contributed by atoms with Crippen LogP contribution in [0.5, 0.6) is 11.5 Å². The summed E-state index contributed by atoms with van der Waals surface area (Å²) in [6.07, 6.45) is 0. The van der Waals surface area contributed by atoms with E-state index in [4.69, 9.17) is 8.92 Å². The summed E-state index contributed by atoms with van der Waals surface area (Å²) in [7, 11) is -7.21. The molecule has 2 rings (SSSR count). The van der Waals surface area contributed by atoms with Gasteiger partial charge in [-0.05, 0) is 43.3 Å².